The summed E-state index contributed by atoms with van der Waals surface area (Å²) >= 11 is 1.89. The molecular formula is C20H33N5OS. The van der Waals surface area contributed by atoms with E-state index in [0.717, 1.165) is 77.5 Å². The van der Waals surface area contributed by atoms with Crippen molar-refractivity contribution in [3.05, 3.63) is 21.9 Å². The lowest BCUT2D eigenvalue weighted by Gasteiger charge is -2.31. The van der Waals surface area contributed by atoms with Crippen molar-refractivity contribution >= 4 is 23.2 Å². The van der Waals surface area contributed by atoms with Crippen molar-refractivity contribution < 1.29 is 4.79 Å². The Morgan fingerprint density at radius 3 is 3.00 bits per heavy atom. The van der Waals surface area contributed by atoms with Crippen molar-refractivity contribution in [2.24, 2.45) is 4.99 Å². The molecule has 3 rings (SSSR count). The molecule has 0 radical (unpaired) electrons. The summed E-state index contributed by atoms with van der Waals surface area (Å²) in [5, 5.41) is 8.95. The lowest BCUT2D eigenvalue weighted by atomic mass is 10.1. The first-order valence-corrected chi connectivity index (χ1v) is 11.1. The molecule has 0 aromatic carbocycles. The molecule has 1 aromatic heterocycles. The number of fused-ring (bicyclic) bond motifs is 1. The molecule has 2 N–H and O–H groups in total. The molecular weight excluding hydrogens is 358 g/mol. The van der Waals surface area contributed by atoms with E-state index in [1.54, 1.807) is 4.88 Å². The van der Waals surface area contributed by atoms with Crippen LogP contribution in [-0.4, -0.2) is 67.0 Å². The van der Waals surface area contributed by atoms with E-state index in [-0.39, 0.29) is 0 Å². The number of nitrogens with one attached hydrogen (secondary N) is 2. The molecule has 1 aromatic rings. The Bertz CT molecular complexity index is 644. The van der Waals surface area contributed by atoms with Crippen molar-refractivity contribution in [1.82, 2.24) is 20.4 Å². The van der Waals surface area contributed by atoms with E-state index in [4.69, 9.17) is 4.99 Å². The van der Waals surface area contributed by atoms with Crippen LogP contribution in [0, 0.1) is 0 Å². The van der Waals surface area contributed by atoms with Crippen LogP contribution in [0.5, 0.6) is 0 Å². The highest BCUT2D eigenvalue weighted by atomic mass is 32.1. The van der Waals surface area contributed by atoms with Gasteiger partial charge in [0, 0.05) is 56.6 Å². The normalized spacial score (nSPS) is 19.3. The molecule has 1 saturated heterocycles. The van der Waals surface area contributed by atoms with Gasteiger partial charge in [0.15, 0.2) is 5.96 Å². The Kier molecular flexibility index (Phi) is 7.52. The Hall–Kier alpha value is -1.60. The monoisotopic (exact) mass is 391 g/mol. The largest absolute Gasteiger partial charge is 0.357 e. The third-order valence-electron chi connectivity index (χ3n) is 5.39. The Morgan fingerprint density at radius 2 is 2.22 bits per heavy atom. The maximum Gasteiger partial charge on any atom is 0.222 e. The molecule has 2 aliphatic heterocycles. The quantitative estimate of drug-likeness (QED) is 0.405. The maximum atomic E-state index is 11.7. The third-order valence-corrected chi connectivity index (χ3v) is 6.41. The fourth-order valence-corrected chi connectivity index (χ4v) is 4.63. The summed E-state index contributed by atoms with van der Waals surface area (Å²) in [5.74, 6) is 1.19. The number of likely N-dealkylation sites (tertiary alicyclic amines) is 1. The molecule has 0 bridgehead atoms. The highest BCUT2D eigenvalue weighted by Crippen LogP contribution is 2.25. The zero-order valence-corrected chi connectivity index (χ0v) is 17.5. The van der Waals surface area contributed by atoms with Crippen molar-refractivity contribution in [1.29, 1.82) is 0 Å². The number of thiophene rings is 1. The summed E-state index contributed by atoms with van der Waals surface area (Å²) in [5.41, 5.74) is 1.49. The summed E-state index contributed by atoms with van der Waals surface area (Å²) in [7, 11) is 0. The van der Waals surface area contributed by atoms with E-state index in [9.17, 15) is 4.79 Å². The smallest absolute Gasteiger partial charge is 0.222 e. The second-order valence-electron chi connectivity index (χ2n) is 7.42. The fraction of sp³-hybridized carbons (Fsp3) is 0.700. The molecule has 3 heterocycles. The van der Waals surface area contributed by atoms with Gasteiger partial charge in [-0.05, 0) is 50.1 Å². The van der Waals surface area contributed by atoms with Gasteiger partial charge in [0.05, 0.1) is 6.54 Å². The van der Waals surface area contributed by atoms with Gasteiger partial charge >= 0.3 is 0 Å². The number of carbonyl (C=O) groups is 1. The predicted octanol–water partition coefficient (Wildman–Crippen LogP) is 2.06. The molecule has 1 unspecified atom stereocenters. The van der Waals surface area contributed by atoms with Crippen LogP contribution in [0.3, 0.4) is 0 Å². The van der Waals surface area contributed by atoms with Crippen LogP contribution in [-0.2, 0) is 17.8 Å². The van der Waals surface area contributed by atoms with E-state index in [1.807, 2.05) is 16.2 Å². The standard InChI is InChI=1S/C20H33N5OS/c1-3-21-20(22-9-5-11-24-10-4-6-19(24)26)23-14-16(2)25-12-7-18-17(15-25)8-13-27-18/h8,13,16H,3-7,9-12,14-15H2,1-2H3,(H2,21,22,23). The summed E-state index contributed by atoms with van der Waals surface area (Å²) < 4.78 is 0. The van der Waals surface area contributed by atoms with E-state index >= 15 is 0 Å². The minimum absolute atomic E-state index is 0.305. The third kappa shape index (κ3) is 5.69. The molecule has 6 nitrogen and oxygen atoms in total. The van der Waals surface area contributed by atoms with Crippen LogP contribution in [0.15, 0.2) is 16.4 Å². The van der Waals surface area contributed by atoms with Gasteiger partial charge in [-0.3, -0.25) is 14.7 Å². The van der Waals surface area contributed by atoms with Gasteiger partial charge in [-0.25, -0.2) is 0 Å². The molecule has 1 fully saturated rings. The molecule has 7 heteroatoms. The van der Waals surface area contributed by atoms with Crippen LogP contribution >= 0.6 is 11.3 Å². The van der Waals surface area contributed by atoms with Crippen LogP contribution in [0.1, 0.15) is 43.6 Å². The molecule has 2 aliphatic rings. The van der Waals surface area contributed by atoms with Gasteiger partial charge in [0.2, 0.25) is 5.91 Å². The molecule has 150 valence electrons. The van der Waals surface area contributed by atoms with E-state index in [0.29, 0.717) is 11.9 Å². The first-order valence-electron chi connectivity index (χ1n) is 10.3. The Balaban J connectivity index is 1.41. The highest BCUT2D eigenvalue weighted by molar-refractivity contribution is 7.10. The lowest BCUT2D eigenvalue weighted by Crippen LogP contribution is -2.42. The number of guanidine groups is 1. The average molecular weight is 392 g/mol. The van der Waals surface area contributed by atoms with Gasteiger partial charge in [-0.1, -0.05) is 0 Å². The first kappa shape index (κ1) is 20.1. The molecule has 0 saturated carbocycles. The van der Waals surface area contributed by atoms with Crippen LogP contribution in [0.2, 0.25) is 0 Å². The number of hydrogen-bond donors (Lipinski definition) is 2. The van der Waals surface area contributed by atoms with Gasteiger partial charge in [0.25, 0.3) is 0 Å². The number of hydrogen-bond acceptors (Lipinski definition) is 4. The molecule has 1 atom stereocenters. The summed E-state index contributed by atoms with van der Waals surface area (Å²) in [4.78, 5) is 22.5. The lowest BCUT2D eigenvalue weighted by molar-refractivity contribution is -0.127. The second kappa shape index (κ2) is 10.1. The summed E-state index contributed by atoms with van der Waals surface area (Å²) in [6.07, 6.45) is 3.85. The topological polar surface area (TPSA) is 60.0 Å². The van der Waals surface area contributed by atoms with Crippen molar-refractivity contribution in [2.75, 3.05) is 39.3 Å². The first-order chi connectivity index (χ1) is 13.2. The van der Waals surface area contributed by atoms with Crippen molar-refractivity contribution in [3.8, 4) is 0 Å². The zero-order chi connectivity index (χ0) is 19.1. The van der Waals surface area contributed by atoms with E-state index < -0.39 is 0 Å². The van der Waals surface area contributed by atoms with Crippen LogP contribution in [0.25, 0.3) is 0 Å². The zero-order valence-electron chi connectivity index (χ0n) is 16.7. The SMILES string of the molecule is CCNC(=NCC(C)N1CCc2sccc2C1)NCCCN1CCCC1=O. The number of amides is 1. The second-order valence-corrected chi connectivity index (χ2v) is 8.42. The van der Waals surface area contributed by atoms with Gasteiger partial charge in [-0.2, -0.15) is 0 Å². The average Bonchev–Trinajstić information content (AvgIpc) is 3.30. The van der Waals surface area contributed by atoms with E-state index in [2.05, 4.69) is 40.8 Å². The molecule has 0 spiro atoms. The number of nitrogens with zero attached hydrogens (tertiary/aromatic N) is 3. The van der Waals surface area contributed by atoms with Crippen molar-refractivity contribution in [2.45, 2.75) is 52.1 Å². The Morgan fingerprint density at radius 1 is 1.33 bits per heavy atom. The van der Waals surface area contributed by atoms with Gasteiger partial charge in [0.1, 0.15) is 0 Å². The van der Waals surface area contributed by atoms with Crippen LogP contribution < -0.4 is 10.6 Å². The Labute approximate surface area is 167 Å². The highest BCUT2D eigenvalue weighted by Gasteiger charge is 2.21. The number of aliphatic imine (C=N–C) groups is 1. The van der Waals surface area contributed by atoms with Gasteiger partial charge in [-0.15, -0.1) is 11.3 Å². The van der Waals surface area contributed by atoms with Gasteiger partial charge < -0.3 is 15.5 Å². The molecule has 0 aliphatic carbocycles. The number of carbonyl (C=O) groups excluding carboxylic acids is 1. The maximum absolute atomic E-state index is 11.7. The fourth-order valence-electron chi connectivity index (χ4n) is 3.74. The number of rotatable bonds is 8. The van der Waals surface area contributed by atoms with Crippen molar-refractivity contribution in [3.63, 3.8) is 0 Å². The minimum atomic E-state index is 0.305. The molecule has 1 amide bonds. The minimum Gasteiger partial charge on any atom is -0.357 e. The predicted molar refractivity (Wildman–Crippen MR) is 112 cm³/mol. The summed E-state index contributed by atoms with van der Waals surface area (Å²) in [6, 6.07) is 2.69. The molecule has 27 heavy (non-hydrogen) atoms. The summed E-state index contributed by atoms with van der Waals surface area (Å²) in [6.45, 7) is 10.8. The van der Waals surface area contributed by atoms with E-state index in [1.165, 1.54) is 5.56 Å². The van der Waals surface area contributed by atoms with Crippen LogP contribution in [0.4, 0.5) is 0 Å².